The number of hydrogen-bond donors (Lipinski definition) is 2. The van der Waals surface area contributed by atoms with Crippen LogP contribution < -0.4 is 20.5 Å². The zero-order valence-electron chi connectivity index (χ0n) is 17.3. The molecule has 1 amide bonds. The lowest BCUT2D eigenvalue weighted by Gasteiger charge is -2.11. The van der Waals surface area contributed by atoms with E-state index < -0.39 is 11.5 Å². The molecule has 0 saturated heterocycles. The molecule has 3 rings (SSSR count). The lowest BCUT2D eigenvalue weighted by Crippen LogP contribution is -2.24. The van der Waals surface area contributed by atoms with E-state index in [-0.39, 0.29) is 17.3 Å². The topological polar surface area (TPSA) is 136 Å². The maximum Gasteiger partial charge on any atom is 0.290 e. The van der Waals surface area contributed by atoms with E-state index in [1.165, 1.54) is 31.0 Å². The largest absolute Gasteiger partial charge is 0.493 e. The van der Waals surface area contributed by atoms with E-state index in [9.17, 15) is 9.59 Å². The highest BCUT2D eigenvalue weighted by atomic mass is 35.5. The third-order valence-corrected chi connectivity index (χ3v) is 4.31. The van der Waals surface area contributed by atoms with Crippen molar-refractivity contribution in [3.05, 3.63) is 56.2 Å². The number of methoxy groups -OCH3 is 1. The smallest absolute Gasteiger partial charge is 0.290 e. The Labute approximate surface area is 182 Å². The van der Waals surface area contributed by atoms with Gasteiger partial charge in [0.15, 0.2) is 11.5 Å². The van der Waals surface area contributed by atoms with Crippen LogP contribution in [0.4, 0.5) is 0 Å². The highest BCUT2D eigenvalue weighted by Gasteiger charge is 2.17. The van der Waals surface area contributed by atoms with E-state index in [1.807, 2.05) is 6.92 Å². The highest BCUT2D eigenvalue weighted by molar-refractivity contribution is 6.32. The molecule has 0 unspecified atom stereocenters. The van der Waals surface area contributed by atoms with Crippen LogP contribution in [0.25, 0.3) is 5.95 Å². The summed E-state index contributed by atoms with van der Waals surface area (Å²) in [6, 6.07) is 4.83. The minimum Gasteiger partial charge on any atom is -0.493 e. The van der Waals surface area contributed by atoms with Gasteiger partial charge in [0, 0.05) is 0 Å². The van der Waals surface area contributed by atoms with Crippen LogP contribution in [-0.2, 0) is 0 Å². The van der Waals surface area contributed by atoms with E-state index in [2.05, 4.69) is 30.8 Å². The molecule has 1 aromatic carbocycles. The number of nitrogens with zero attached hydrogens (tertiary/aromatic N) is 5. The molecule has 0 atom stereocenters. The zero-order chi connectivity index (χ0) is 22.5. The first kappa shape index (κ1) is 22.0. The van der Waals surface area contributed by atoms with Crippen molar-refractivity contribution < 1.29 is 14.3 Å². The molecule has 3 aromatic rings. The number of carbonyl (C=O) groups excluding carboxylic acids is 1. The van der Waals surface area contributed by atoms with Gasteiger partial charge in [0.25, 0.3) is 17.4 Å². The number of hydrazone groups is 1. The third-order valence-electron chi connectivity index (χ3n) is 4.03. The van der Waals surface area contributed by atoms with Crippen LogP contribution in [0.3, 0.4) is 0 Å². The van der Waals surface area contributed by atoms with Crippen molar-refractivity contribution >= 4 is 23.7 Å². The van der Waals surface area contributed by atoms with Gasteiger partial charge in [-0.3, -0.25) is 14.6 Å². The average molecular weight is 446 g/mol. The van der Waals surface area contributed by atoms with Crippen LogP contribution in [-0.4, -0.2) is 50.8 Å². The van der Waals surface area contributed by atoms with Crippen LogP contribution >= 0.6 is 11.6 Å². The van der Waals surface area contributed by atoms with E-state index in [0.29, 0.717) is 34.4 Å². The predicted octanol–water partition coefficient (Wildman–Crippen LogP) is 1.79. The van der Waals surface area contributed by atoms with Gasteiger partial charge in [-0.15, -0.1) is 10.2 Å². The summed E-state index contributed by atoms with van der Waals surface area (Å²) >= 11 is 6.24. The molecular weight excluding hydrogens is 426 g/mol. The molecule has 31 heavy (non-hydrogen) atoms. The number of halogens is 1. The molecule has 12 heteroatoms. The molecule has 2 N–H and O–H groups in total. The van der Waals surface area contributed by atoms with Crippen molar-refractivity contribution in [2.24, 2.45) is 5.10 Å². The number of carbonyl (C=O) groups is 1. The van der Waals surface area contributed by atoms with E-state index in [4.69, 9.17) is 21.1 Å². The number of H-pyrrole nitrogens is 1. The van der Waals surface area contributed by atoms with Gasteiger partial charge in [0.05, 0.1) is 30.6 Å². The summed E-state index contributed by atoms with van der Waals surface area (Å²) in [5, 5.41) is 16.1. The van der Waals surface area contributed by atoms with Crippen molar-refractivity contribution in [3.8, 4) is 17.4 Å². The molecule has 2 aromatic heterocycles. The highest BCUT2D eigenvalue weighted by Crippen LogP contribution is 2.35. The second-order valence-electron chi connectivity index (χ2n) is 6.31. The molecule has 0 aliphatic carbocycles. The summed E-state index contributed by atoms with van der Waals surface area (Å²) in [5.41, 5.74) is 3.43. The first-order valence-electron chi connectivity index (χ1n) is 9.18. The monoisotopic (exact) mass is 445 g/mol. The maximum atomic E-state index is 12.6. The van der Waals surface area contributed by atoms with Crippen LogP contribution in [0.15, 0.2) is 28.1 Å². The second kappa shape index (κ2) is 9.39. The Morgan fingerprint density at radius 3 is 2.77 bits per heavy atom. The normalized spacial score (nSPS) is 11.0. The van der Waals surface area contributed by atoms with Crippen LogP contribution in [0, 0.1) is 13.8 Å². The number of aromatic nitrogens is 5. The molecule has 162 valence electrons. The van der Waals surface area contributed by atoms with Crippen molar-refractivity contribution in [2.45, 2.75) is 20.8 Å². The SMILES string of the molecule is CCOc1c(Cl)cc(/C=N\NC(=O)c2cc(C)nn2-c2nnc(C)c(=O)[nH]2)cc1OC. The number of nitrogens with one attached hydrogen (secondary N) is 2. The number of ether oxygens (including phenoxy) is 2. The summed E-state index contributed by atoms with van der Waals surface area (Å²) in [6.07, 6.45) is 1.41. The standard InChI is InChI=1S/C19H20ClN7O4/c1-5-31-16-13(20)7-12(8-15(16)30-4)9-21-24-18(29)14-6-10(2)26-27(14)19-22-17(28)11(3)23-25-19/h6-9H,5H2,1-4H3,(H,24,29)(H,22,25,28)/b21-9-. The Morgan fingerprint density at radius 1 is 1.32 bits per heavy atom. The molecule has 0 bridgehead atoms. The Hall–Kier alpha value is -3.73. The lowest BCUT2D eigenvalue weighted by molar-refractivity contribution is 0.0947. The number of hydrogen-bond acceptors (Lipinski definition) is 8. The number of aromatic amines is 1. The lowest BCUT2D eigenvalue weighted by atomic mass is 10.2. The van der Waals surface area contributed by atoms with Gasteiger partial charge in [-0.1, -0.05) is 11.6 Å². The summed E-state index contributed by atoms with van der Waals surface area (Å²) in [6.45, 7) is 5.49. The minimum atomic E-state index is -0.566. The Morgan fingerprint density at radius 2 is 2.10 bits per heavy atom. The van der Waals surface area contributed by atoms with Crippen LogP contribution in [0.5, 0.6) is 11.5 Å². The van der Waals surface area contributed by atoms with Gasteiger partial charge in [0.2, 0.25) is 0 Å². The molecular formula is C19H20ClN7O4. The number of rotatable bonds is 7. The molecule has 0 aliphatic heterocycles. The molecule has 0 radical (unpaired) electrons. The molecule has 0 aliphatic rings. The Balaban J connectivity index is 1.82. The number of benzene rings is 1. The molecule has 2 heterocycles. The predicted molar refractivity (Wildman–Crippen MR) is 113 cm³/mol. The van der Waals surface area contributed by atoms with Crippen molar-refractivity contribution in [2.75, 3.05) is 13.7 Å². The van der Waals surface area contributed by atoms with Gasteiger partial charge in [0.1, 0.15) is 11.4 Å². The fourth-order valence-corrected chi connectivity index (χ4v) is 2.90. The van der Waals surface area contributed by atoms with Crippen LogP contribution in [0.1, 0.15) is 34.4 Å². The maximum absolute atomic E-state index is 12.6. The summed E-state index contributed by atoms with van der Waals surface area (Å²) < 4.78 is 11.9. The summed E-state index contributed by atoms with van der Waals surface area (Å²) in [5.74, 6) is 0.322. The van der Waals surface area contributed by atoms with E-state index in [1.54, 1.807) is 19.1 Å². The van der Waals surface area contributed by atoms with Crippen molar-refractivity contribution in [1.29, 1.82) is 0 Å². The molecule has 0 saturated carbocycles. The Kier molecular flexibility index (Phi) is 6.65. The molecule has 0 fully saturated rings. The first-order chi connectivity index (χ1) is 14.8. The number of amides is 1. The van der Waals surface area contributed by atoms with Gasteiger partial charge in [-0.05, 0) is 44.5 Å². The summed E-state index contributed by atoms with van der Waals surface area (Å²) in [7, 11) is 1.50. The first-order valence-corrected chi connectivity index (χ1v) is 9.56. The van der Waals surface area contributed by atoms with Gasteiger partial charge >= 0.3 is 0 Å². The third kappa shape index (κ3) is 4.89. The van der Waals surface area contributed by atoms with Gasteiger partial charge in [-0.25, -0.2) is 5.43 Å². The van der Waals surface area contributed by atoms with E-state index >= 15 is 0 Å². The van der Waals surface area contributed by atoms with Gasteiger partial charge in [-0.2, -0.15) is 14.9 Å². The van der Waals surface area contributed by atoms with E-state index in [0.717, 1.165) is 0 Å². The van der Waals surface area contributed by atoms with Crippen LogP contribution in [0.2, 0.25) is 5.02 Å². The van der Waals surface area contributed by atoms with Gasteiger partial charge < -0.3 is 9.47 Å². The zero-order valence-corrected chi connectivity index (χ0v) is 18.0. The quantitative estimate of drug-likeness (QED) is 0.417. The average Bonchev–Trinajstić information content (AvgIpc) is 3.13. The Bertz CT molecular complexity index is 1200. The number of aryl methyl sites for hydroxylation is 2. The van der Waals surface area contributed by atoms with Crippen molar-refractivity contribution in [3.63, 3.8) is 0 Å². The fraction of sp³-hybridized carbons (Fsp3) is 0.263. The second-order valence-corrected chi connectivity index (χ2v) is 6.72. The van der Waals surface area contributed by atoms with Crippen molar-refractivity contribution in [1.82, 2.24) is 30.4 Å². The molecule has 11 nitrogen and oxygen atoms in total. The minimum absolute atomic E-state index is 0.0147. The molecule has 0 spiro atoms. The fourth-order valence-electron chi connectivity index (χ4n) is 2.62. The summed E-state index contributed by atoms with van der Waals surface area (Å²) in [4.78, 5) is 27.0.